The Morgan fingerprint density at radius 1 is 1.00 bits per heavy atom. The van der Waals surface area contributed by atoms with Crippen LogP contribution in [0.5, 0.6) is 5.75 Å². The van der Waals surface area contributed by atoms with Crippen molar-refractivity contribution in [1.29, 1.82) is 0 Å². The molecule has 0 fully saturated rings. The molecule has 3 aromatic carbocycles. The molecule has 0 aliphatic carbocycles. The van der Waals surface area contributed by atoms with Gasteiger partial charge >= 0.3 is 0 Å². The van der Waals surface area contributed by atoms with Crippen molar-refractivity contribution in [3.05, 3.63) is 88.9 Å². The molecule has 0 aliphatic rings. The van der Waals surface area contributed by atoms with Crippen LogP contribution in [0, 0.1) is 6.92 Å². The van der Waals surface area contributed by atoms with E-state index in [1.54, 1.807) is 72.8 Å². The second-order valence-corrected chi connectivity index (χ2v) is 10.4. The van der Waals surface area contributed by atoms with E-state index in [2.05, 4.69) is 5.32 Å². The summed E-state index contributed by atoms with van der Waals surface area (Å²) in [5.74, 6) is 0.270. The number of nitrogens with zero attached hydrogens (tertiary/aromatic N) is 1. The molecule has 0 spiro atoms. The van der Waals surface area contributed by atoms with Crippen LogP contribution in [-0.4, -0.2) is 27.0 Å². The third-order valence-corrected chi connectivity index (χ3v) is 7.40. The van der Waals surface area contributed by atoms with E-state index in [-0.39, 0.29) is 30.0 Å². The Kier molecular flexibility index (Phi) is 8.58. The smallest absolute Gasteiger partial charge is 0.264 e. The summed E-state index contributed by atoms with van der Waals surface area (Å²) in [5, 5.41) is 3.42. The Bertz CT molecular complexity index is 1200. The summed E-state index contributed by atoms with van der Waals surface area (Å²) < 4.78 is 34.0. The number of rotatable bonds is 10. The second kappa shape index (κ2) is 11.4. The SMILES string of the molecule is CC[C@@H](C)NC(=O)COc1ccc(N(Cc2ccc(Cl)cc2)S(=O)(=O)c2ccc(C)cc2)cc1. The van der Waals surface area contributed by atoms with Gasteiger partial charge in [-0.05, 0) is 74.4 Å². The summed E-state index contributed by atoms with van der Waals surface area (Å²) in [5.41, 5.74) is 2.25. The zero-order valence-corrected chi connectivity index (χ0v) is 21.1. The fourth-order valence-electron chi connectivity index (χ4n) is 3.18. The van der Waals surface area contributed by atoms with Crippen molar-refractivity contribution >= 4 is 33.2 Å². The van der Waals surface area contributed by atoms with Crippen molar-refractivity contribution in [2.75, 3.05) is 10.9 Å². The maximum Gasteiger partial charge on any atom is 0.264 e. The molecule has 0 bridgehead atoms. The van der Waals surface area contributed by atoms with Crippen LogP contribution in [-0.2, 0) is 21.4 Å². The van der Waals surface area contributed by atoms with Crippen molar-refractivity contribution < 1.29 is 17.9 Å². The van der Waals surface area contributed by atoms with Gasteiger partial charge in [0, 0.05) is 11.1 Å². The zero-order valence-electron chi connectivity index (χ0n) is 19.5. The molecular weight excluding hydrogens is 472 g/mol. The lowest BCUT2D eigenvalue weighted by Gasteiger charge is -2.25. The van der Waals surface area contributed by atoms with Gasteiger partial charge in [0.2, 0.25) is 0 Å². The maximum absolute atomic E-state index is 13.6. The van der Waals surface area contributed by atoms with Gasteiger partial charge in [0.05, 0.1) is 17.1 Å². The summed E-state index contributed by atoms with van der Waals surface area (Å²) in [6, 6.07) is 20.5. The van der Waals surface area contributed by atoms with Gasteiger partial charge in [-0.2, -0.15) is 0 Å². The van der Waals surface area contributed by atoms with Crippen LogP contribution in [0.2, 0.25) is 5.02 Å². The molecule has 3 rings (SSSR count). The monoisotopic (exact) mass is 500 g/mol. The summed E-state index contributed by atoms with van der Waals surface area (Å²) in [4.78, 5) is 12.2. The number of aryl methyl sites for hydroxylation is 1. The molecule has 0 aliphatic heterocycles. The first-order valence-electron chi connectivity index (χ1n) is 11.0. The number of carbonyl (C=O) groups is 1. The Morgan fingerprint density at radius 3 is 2.21 bits per heavy atom. The van der Waals surface area contributed by atoms with Crippen LogP contribution in [0.1, 0.15) is 31.4 Å². The molecule has 0 saturated heterocycles. The standard InChI is InChI=1S/C26H29ClN2O4S/c1-4-20(3)28-26(30)18-33-24-13-11-23(12-14-24)29(17-21-7-9-22(27)10-8-21)34(31,32)25-15-5-19(2)6-16-25/h5-16,20H,4,17-18H2,1-3H3,(H,28,30)/t20-/m1/s1. The zero-order chi connectivity index (χ0) is 24.7. The molecule has 8 heteroatoms. The molecule has 0 unspecified atom stereocenters. The summed E-state index contributed by atoms with van der Waals surface area (Å²) >= 11 is 6.00. The van der Waals surface area contributed by atoms with E-state index in [0.717, 1.165) is 17.5 Å². The summed E-state index contributed by atoms with van der Waals surface area (Å²) in [6.45, 7) is 5.84. The number of hydrogen-bond acceptors (Lipinski definition) is 4. The van der Waals surface area contributed by atoms with Crippen LogP contribution >= 0.6 is 11.6 Å². The minimum atomic E-state index is -3.84. The Hall–Kier alpha value is -3.03. The first kappa shape index (κ1) is 25.6. The van der Waals surface area contributed by atoms with Crippen LogP contribution in [0.15, 0.2) is 77.7 Å². The molecule has 6 nitrogen and oxygen atoms in total. The molecule has 34 heavy (non-hydrogen) atoms. The highest BCUT2D eigenvalue weighted by Crippen LogP contribution is 2.28. The van der Waals surface area contributed by atoms with Crippen LogP contribution in [0.4, 0.5) is 5.69 Å². The van der Waals surface area contributed by atoms with E-state index >= 15 is 0 Å². The van der Waals surface area contributed by atoms with Gasteiger partial charge in [-0.1, -0.05) is 48.4 Å². The number of carbonyl (C=O) groups excluding carboxylic acids is 1. The molecule has 3 aromatic rings. The van der Waals surface area contributed by atoms with Crippen molar-refractivity contribution in [3.8, 4) is 5.75 Å². The van der Waals surface area contributed by atoms with E-state index in [4.69, 9.17) is 16.3 Å². The predicted molar refractivity (Wildman–Crippen MR) is 136 cm³/mol. The highest BCUT2D eigenvalue weighted by atomic mass is 35.5. The molecule has 180 valence electrons. The van der Waals surface area contributed by atoms with E-state index < -0.39 is 10.0 Å². The highest BCUT2D eigenvalue weighted by molar-refractivity contribution is 7.92. The first-order valence-corrected chi connectivity index (χ1v) is 12.9. The molecular formula is C26H29ClN2O4S. The van der Waals surface area contributed by atoms with Crippen LogP contribution in [0.25, 0.3) is 0 Å². The van der Waals surface area contributed by atoms with E-state index in [1.165, 1.54) is 4.31 Å². The van der Waals surface area contributed by atoms with Crippen molar-refractivity contribution in [2.24, 2.45) is 0 Å². The molecule has 0 radical (unpaired) electrons. The number of halogens is 1. The normalized spacial score (nSPS) is 12.1. The molecule has 1 atom stereocenters. The fourth-order valence-corrected chi connectivity index (χ4v) is 4.76. The number of benzene rings is 3. The number of anilines is 1. The first-order chi connectivity index (χ1) is 16.2. The third-order valence-electron chi connectivity index (χ3n) is 5.36. The molecule has 0 aromatic heterocycles. The van der Waals surface area contributed by atoms with E-state index in [0.29, 0.717) is 16.5 Å². The lowest BCUT2D eigenvalue weighted by Crippen LogP contribution is -2.35. The molecule has 0 saturated carbocycles. The number of nitrogens with one attached hydrogen (secondary N) is 1. The van der Waals surface area contributed by atoms with Crippen molar-refractivity contribution in [3.63, 3.8) is 0 Å². The van der Waals surface area contributed by atoms with E-state index in [1.807, 2.05) is 20.8 Å². The number of amides is 1. The average molecular weight is 501 g/mol. The topological polar surface area (TPSA) is 75.7 Å². The number of ether oxygens (including phenoxy) is 1. The van der Waals surface area contributed by atoms with Crippen LogP contribution < -0.4 is 14.4 Å². The molecule has 0 heterocycles. The van der Waals surface area contributed by atoms with Crippen molar-refractivity contribution in [1.82, 2.24) is 5.32 Å². The summed E-state index contributed by atoms with van der Waals surface area (Å²) in [6.07, 6.45) is 0.833. The molecule has 1 amide bonds. The number of sulfonamides is 1. The number of hydrogen-bond donors (Lipinski definition) is 1. The fraction of sp³-hybridized carbons (Fsp3) is 0.269. The summed E-state index contributed by atoms with van der Waals surface area (Å²) in [7, 11) is -3.84. The Morgan fingerprint density at radius 2 is 1.62 bits per heavy atom. The van der Waals surface area contributed by atoms with Gasteiger partial charge in [0.15, 0.2) is 6.61 Å². The van der Waals surface area contributed by atoms with Crippen LogP contribution in [0.3, 0.4) is 0 Å². The van der Waals surface area contributed by atoms with Gasteiger partial charge in [-0.15, -0.1) is 0 Å². The minimum Gasteiger partial charge on any atom is -0.484 e. The lowest BCUT2D eigenvalue weighted by molar-refractivity contribution is -0.123. The minimum absolute atomic E-state index is 0.0758. The van der Waals surface area contributed by atoms with Crippen molar-refractivity contribution in [2.45, 2.75) is 44.7 Å². The Balaban J connectivity index is 1.85. The predicted octanol–water partition coefficient (Wildman–Crippen LogP) is 5.34. The quantitative estimate of drug-likeness (QED) is 0.408. The maximum atomic E-state index is 13.6. The van der Waals surface area contributed by atoms with Gasteiger partial charge < -0.3 is 10.1 Å². The Labute approximate surface area is 206 Å². The third kappa shape index (κ3) is 6.74. The van der Waals surface area contributed by atoms with Gasteiger partial charge in [-0.3, -0.25) is 9.10 Å². The second-order valence-electron chi connectivity index (χ2n) is 8.11. The van der Waals surface area contributed by atoms with Gasteiger partial charge in [0.1, 0.15) is 5.75 Å². The van der Waals surface area contributed by atoms with E-state index in [9.17, 15) is 13.2 Å². The average Bonchev–Trinajstić information content (AvgIpc) is 2.83. The van der Waals surface area contributed by atoms with Gasteiger partial charge in [-0.25, -0.2) is 8.42 Å². The molecule has 1 N–H and O–H groups in total. The largest absolute Gasteiger partial charge is 0.484 e. The van der Waals surface area contributed by atoms with Gasteiger partial charge in [0.25, 0.3) is 15.9 Å². The highest BCUT2D eigenvalue weighted by Gasteiger charge is 2.25. The lowest BCUT2D eigenvalue weighted by atomic mass is 10.2.